The molecule has 2 aromatic heterocycles. The minimum absolute atomic E-state index is 0.217. The van der Waals surface area contributed by atoms with E-state index in [1.807, 2.05) is 6.07 Å². The summed E-state index contributed by atoms with van der Waals surface area (Å²) in [5.74, 6) is 0.309. The first-order chi connectivity index (χ1) is 9.31. The Labute approximate surface area is 112 Å². The van der Waals surface area contributed by atoms with Gasteiger partial charge >= 0.3 is 0 Å². The lowest BCUT2D eigenvalue weighted by atomic mass is 10.2. The molecule has 0 atom stereocenters. The minimum atomic E-state index is -0.217. The van der Waals surface area contributed by atoms with E-state index in [0.717, 1.165) is 18.7 Å². The molecule has 0 aromatic carbocycles. The SMILES string of the molecule is CCCNc1ccncc1C(=O)Nc1ccccn1. The Hall–Kier alpha value is -2.43. The summed E-state index contributed by atoms with van der Waals surface area (Å²) in [6.45, 7) is 2.88. The van der Waals surface area contributed by atoms with Gasteiger partial charge in [-0.05, 0) is 24.6 Å². The van der Waals surface area contributed by atoms with Crippen LogP contribution in [0, 0.1) is 0 Å². The molecule has 1 amide bonds. The van der Waals surface area contributed by atoms with Crippen LogP contribution in [0.3, 0.4) is 0 Å². The summed E-state index contributed by atoms with van der Waals surface area (Å²) in [7, 11) is 0. The maximum absolute atomic E-state index is 12.2. The topological polar surface area (TPSA) is 66.9 Å². The van der Waals surface area contributed by atoms with Crippen molar-refractivity contribution < 1.29 is 4.79 Å². The Kier molecular flexibility index (Phi) is 4.44. The van der Waals surface area contributed by atoms with Gasteiger partial charge in [-0.25, -0.2) is 4.98 Å². The molecule has 2 heterocycles. The van der Waals surface area contributed by atoms with Gasteiger partial charge in [-0.2, -0.15) is 0 Å². The number of rotatable bonds is 5. The number of nitrogens with zero attached hydrogens (tertiary/aromatic N) is 2. The van der Waals surface area contributed by atoms with Crippen LogP contribution >= 0.6 is 0 Å². The molecule has 0 aliphatic carbocycles. The second kappa shape index (κ2) is 6.49. The number of carbonyl (C=O) groups is 1. The lowest BCUT2D eigenvalue weighted by Gasteiger charge is -2.10. The van der Waals surface area contributed by atoms with E-state index in [0.29, 0.717) is 11.4 Å². The zero-order valence-electron chi connectivity index (χ0n) is 10.8. The summed E-state index contributed by atoms with van der Waals surface area (Å²) in [4.78, 5) is 20.2. The van der Waals surface area contributed by atoms with Crippen LogP contribution in [0.2, 0.25) is 0 Å². The Bertz CT molecular complexity index is 542. The second-order valence-electron chi connectivity index (χ2n) is 4.02. The number of hydrogen-bond acceptors (Lipinski definition) is 4. The first kappa shape index (κ1) is 13.0. The van der Waals surface area contributed by atoms with Crippen LogP contribution in [0.5, 0.6) is 0 Å². The number of anilines is 2. The predicted octanol–water partition coefficient (Wildman–Crippen LogP) is 2.55. The smallest absolute Gasteiger partial charge is 0.260 e. The molecule has 19 heavy (non-hydrogen) atoms. The van der Waals surface area contributed by atoms with Crippen molar-refractivity contribution in [2.45, 2.75) is 13.3 Å². The molecule has 5 nitrogen and oxygen atoms in total. The van der Waals surface area contributed by atoms with E-state index in [4.69, 9.17) is 0 Å². The molecule has 0 aliphatic heterocycles. The highest BCUT2D eigenvalue weighted by Crippen LogP contribution is 2.15. The fourth-order valence-electron chi connectivity index (χ4n) is 1.61. The summed E-state index contributed by atoms with van der Waals surface area (Å²) in [5.41, 5.74) is 1.30. The third kappa shape index (κ3) is 3.51. The quantitative estimate of drug-likeness (QED) is 0.862. The van der Waals surface area contributed by atoms with E-state index in [2.05, 4.69) is 27.5 Å². The molecule has 0 bridgehead atoms. The van der Waals surface area contributed by atoms with Crippen molar-refractivity contribution in [2.75, 3.05) is 17.2 Å². The fraction of sp³-hybridized carbons (Fsp3) is 0.214. The first-order valence-electron chi connectivity index (χ1n) is 6.21. The van der Waals surface area contributed by atoms with E-state index in [1.165, 1.54) is 0 Å². The van der Waals surface area contributed by atoms with Gasteiger partial charge in [0.05, 0.1) is 11.3 Å². The van der Waals surface area contributed by atoms with Crippen LogP contribution in [-0.4, -0.2) is 22.4 Å². The van der Waals surface area contributed by atoms with Crippen molar-refractivity contribution in [2.24, 2.45) is 0 Å². The standard InChI is InChI=1S/C14H16N4O/c1-2-7-16-12-6-9-15-10-11(12)14(19)18-13-5-3-4-8-17-13/h3-6,8-10H,2,7H2,1H3,(H,15,16)(H,17,18,19). The fourth-order valence-corrected chi connectivity index (χ4v) is 1.61. The van der Waals surface area contributed by atoms with Crippen LogP contribution in [-0.2, 0) is 0 Å². The number of amides is 1. The molecule has 0 saturated heterocycles. The van der Waals surface area contributed by atoms with Gasteiger partial charge < -0.3 is 10.6 Å². The Balaban J connectivity index is 2.14. The average Bonchev–Trinajstić information content (AvgIpc) is 2.46. The molecule has 5 heteroatoms. The highest BCUT2D eigenvalue weighted by atomic mass is 16.1. The van der Waals surface area contributed by atoms with Gasteiger partial charge in [0, 0.05) is 25.1 Å². The third-order valence-electron chi connectivity index (χ3n) is 2.54. The molecule has 0 fully saturated rings. The van der Waals surface area contributed by atoms with Gasteiger partial charge in [0.2, 0.25) is 0 Å². The predicted molar refractivity (Wildman–Crippen MR) is 75.2 cm³/mol. The van der Waals surface area contributed by atoms with E-state index in [9.17, 15) is 4.79 Å². The molecular weight excluding hydrogens is 240 g/mol. The van der Waals surface area contributed by atoms with Crippen molar-refractivity contribution in [3.63, 3.8) is 0 Å². The molecule has 0 saturated carbocycles. The number of nitrogens with one attached hydrogen (secondary N) is 2. The van der Waals surface area contributed by atoms with Crippen molar-refractivity contribution in [3.05, 3.63) is 48.4 Å². The van der Waals surface area contributed by atoms with Crippen LogP contribution in [0.4, 0.5) is 11.5 Å². The highest BCUT2D eigenvalue weighted by molar-refractivity contribution is 6.07. The number of pyridine rings is 2. The van der Waals surface area contributed by atoms with Crippen LogP contribution in [0.15, 0.2) is 42.9 Å². The summed E-state index contributed by atoms with van der Waals surface area (Å²) in [5, 5.41) is 5.95. The van der Waals surface area contributed by atoms with E-state index >= 15 is 0 Å². The van der Waals surface area contributed by atoms with E-state index in [1.54, 1.807) is 36.8 Å². The zero-order chi connectivity index (χ0) is 13.5. The normalized spacial score (nSPS) is 9.95. The largest absolute Gasteiger partial charge is 0.384 e. The lowest BCUT2D eigenvalue weighted by molar-refractivity contribution is 0.102. The van der Waals surface area contributed by atoms with Gasteiger partial charge in [0.25, 0.3) is 5.91 Å². The summed E-state index contributed by atoms with van der Waals surface area (Å²) >= 11 is 0. The third-order valence-corrected chi connectivity index (χ3v) is 2.54. The summed E-state index contributed by atoms with van der Waals surface area (Å²) in [6.07, 6.45) is 5.84. The molecule has 2 rings (SSSR count). The molecule has 2 N–H and O–H groups in total. The number of hydrogen-bond donors (Lipinski definition) is 2. The molecule has 0 aliphatic rings. The maximum atomic E-state index is 12.2. The highest BCUT2D eigenvalue weighted by Gasteiger charge is 2.11. The zero-order valence-corrected chi connectivity index (χ0v) is 10.8. The second-order valence-corrected chi connectivity index (χ2v) is 4.02. The number of aromatic nitrogens is 2. The lowest BCUT2D eigenvalue weighted by Crippen LogP contribution is -2.16. The Morgan fingerprint density at radius 3 is 2.89 bits per heavy atom. The summed E-state index contributed by atoms with van der Waals surface area (Å²) in [6, 6.07) is 7.16. The maximum Gasteiger partial charge on any atom is 0.260 e. The van der Waals surface area contributed by atoms with E-state index in [-0.39, 0.29) is 5.91 Å². The van der Waals surface area contributed by atoms with Crippen molar-refractivity contribution in [1.82, 2.24) is 9.97 Å². The molecule has 98 valence electrons. The van der Waals surface area contributed by atoms with Crippen LogP contribution in [0.1, 0.15) is 23.7 Å². The molecule has 2 aromatic rings. The van der Waals surface area contributed by atoms with Crippen molar-refractivity contribution >= 4 is 17.4 Å². The van der Waals surface area contributed by atoms with Crippen molar-refractivity contribution in [1.29, 1.82) is 0 Å². The number of carbonyl (C=O) groups excluding carboxylic acids is 1. The Morgan fingerprint density at radius 1 is 1.26 bits per heavy atom. The van der Waals surface area contributed by atoms with Gasteiger partial charge in [0.1, 0.15) is 5.82 Å². The van der Waals surface area contributed by atoms with Gasteiger partial charge in [-0.1, -0.05) is 13.0 Å². The van der Waals surface area contributed by atoms with E-state index < -0.39 is 0 Å². The molecular formula is C14H16N4O. The Morgan fingerprint density at radius 2 is 2.16 bits per heavy atom. The summed E-state index contributed by atoms with van der Waals surface area (Å²) < 4.78 is 0. The molecule has 0 radical (unpaired) electrons. The average molecular weight is 256 g/mol. The molecule has 0 spiro atoms. The first-order valence-corrected chi connectivity index (χ1v) is 6.21. The monoisotopic (exact) mass is 256 g/mol. The van der Waals surface area contributed by atoms with Crippen molar-refractivity contribution in [3.8, 4) is 0 Å². The molecule has 0 unspecified atom stereocenters. The van der Waals surface area contributed by atoms with Gasteiger partial charge in [0.15, 0.2) is 0 Å². The van der Waals surface area contributed by atoms with Gasteiger partial charge in [-0.15, -0.1) is 0 Å². The van der Waals surface area contributed by atoms with Crippen LogP contribution in [0.25, 0.3) is 0 Å². The minimum Gasteiger partial charge on any atom is -0.384 e. The van der Waals surface area contributed by atoms with Gasteiger partial charge in [-0.3, -0.25) is 9.78 Å². The van der Waals surface area contributed by atoms with Crippen LogP contribution < -0.4 is 10.6 Å².